The molecule has 63 heavy (non-hydrogen) atoms. The Morgan fingerprint density at radius 2 is 0.841 bits per heavy atom. The van der Waals surface area contributed by atoms with Crippen LogP contribution in [-0.2, 0) is 0 Å². The van der Waals surface area contributed by atoms with Crippen LogP contribution in [0.2, 0.25) is 0 Å². The lowest BCUT2D eigenvalue weighted by Crippen LogP contribution is -2.12. The molecule has 0 N–H and O–H groups in total. The van der Waals surface area contributed by atoms with E-state index in [2.05, 4.69) is 240 Å². The molecular formula is C60H40N2O. The van der Waals surface area contributed by atoms with Crippen LogP contribution in [0.3, 0.4) is 0 Å². The number of furan rings is 1. The Balaban J connectivity index is 1.04. The predicted octanol–water partition coefficient (Wildman–Crippen LogP) is 16.8. The van der Waals surface area contributed by atoms with Gasteiger partial charge in [-0.2, -0.15) is 0 Å². The molecule has 296 valence electrons. The second-order valence-corrected chi connectivity index (χ2v) is 16.1. The normalized spacial score (nSPS) is 11.5. The smallest absolute Gasteiger partial charge is 0.135 e. The predicted molar refractivity (Wildman–Crippen MR) is 264 cm³/mol. The fourth-order valence-corrected chi connectivity index (χ4v) is 9.54. The Labute approximate surface area is 366 Å². The second-order valence-electron chi connectivity index (χ2n) is 16.1. The molecule has 0 aliphatic carbocycles. The number of anilines is 3. The Kier molecular flexibility index (Phi) is 8.83. The molecule has 0 unspecified atom stereocenters. The number of hydrogen-bond acceptors (Lipinski definition) is 2. The van der Waals surface area contributed by atoms with E-state index in [0.29, 0.717) is 0 Å². The quantitative estimate of drug-likeness (QED) is 0.153. The van der Waals surface area contributed by atoms with Crippen molar-refractivity contribution in [3.63, 3.8) is 0 Å². The molecule has 0 spiro atoms. The maximum Gasteiger partial charge on any atom is 0.135 e. The Hall–Kier alpha value is -8.40. The van der Waals surface area contributed by atoms with Crippen LogP contribution in [0, 0.1) is 0 Å². The minimum absolute atomic E-state index is 0.897. The van der Waals surface area contributed by atoms with Gasteiger partial charge in [0.15, 0.2) is 0 Å². The highest BCUT2D eigenvalue weighted by molar-refractivity contribution is 6.09. The van der Waals surface area contributed by atoms with Gasteiger partial charge in [-0.3, -0.25) is 0 Å². The van der Waals surface area contributed by atoms with Gasteiger partial charge < -0.3 is 13.9 Å². The monoisotopic (exact) mass is 804 g/mol. The van der Waals surface area contributed by atoms with Crippen molar-refractivity contribution in [2.45, 2.75) is 0 Å². The molecule has 2 heterocycles. The van der Waals surface area contributed by atoms with Crippen molar-refractivity contribution in [2.24, 2.45) is 0 Å². The van der Waals surface area contributed by atoms with Crippen molar-refractivity contribution >= 4 is 60.8 Å². The number of para-hydroxylation sites is 4. The highest BCUT2D eigenvalue weighted by Crippen LogP contribution is 2.46. The standard InChI is InChI=1S/C60H40N2O/c1-2-17-42(18-3-1)47-21-4-5-22-48(47)49-23-6-7-24-50(49)51-25-8-12-29-56(51)61(44-36-33-41(34-37-44)43-35-38-60-55(39-43)54-28-11-15-32-59(54)63-60)45-19-16-20-46(40-45)62-57-30-13-9-26-52(57)53-27-10-14-31-58(53)62/h1-40H. The molecule has 0 aliphatic heterocycles. The lowest BCUT2D eigenvalue weighted by Gasteiger charge is -2.29. The molecule has 12 aromatic rings. The molecule has 0 amide bonds. The lowest BCUT2D eigenvalue weighted by molar-refractivity contribution is 0.669. The molecule has 0 bridgehead atoms. The summed E-state index contributed by atoms with van der Waals surface area (Å²) >= 11 is 0. The van der Waals surface area contributed by atoms with Crippen LogP contribution in [0.4, 0.5) is 17.1 Å². The zero-order chi connectivity index (χ0) is 41.7. The van der Waals surface area contributed by atoms with Gasteiger partial charge in [-0.05, 0) is 106 Å². The van der Waals surface area contributed by atoms with Gasteiger partial charge in [0, 0.05) is 44.2 Å². The fourth-order valence-electron chi connectivity index (χ4n) is 9.54. The van der Waals surface area contributed by atoms with Crippen LogP contribution in [0.15, 0.2) is 247 Å². The zero-order valence-corrected chi connectivity index (χ0v) is 34.4. The summed E-state index contributed by atoms with van der Waals surface area (Å²) in [6, 6.07) is 87.3. The van der Waals surface area contributed by atoms with Crippen LogP contribution in [0.5, 0.6) is 0 Å². The van der Waals surface area contributed by atoms with Crippen LogP contribution in [0.1, 0.15) is 0 Å². The number of nitrogens with zero attached hydrogens (tertiary/aromatic N) is 2. The van der Waals surface area contributed by atoms with Gasteiger partial charge in [0.05, 0.1) is 16.7 Å². The first-order valence-electron chi connectivity index (χ1n) is 21.5. The van der Waals surface area contributed by atoms with Crippen molar-refractivity contribution in [3.8, 4) is 50.2 Å². The van der Waals surface area contributed by atoms with E-state index in [1.54, 1.807) is 0 Å². The summed E-state index contributed by atoms with van der Waals surface area (Å²) in [5, 5.41) is 4.73. The van der Waals surface area contributed by atoms with Crippen molar-refractivity contribution < 1.29 is 4.42 Å². The van der Waals surface area contributed by atoms with E-state index >= 15 is 0 Å². The van der Waals surface area contributed by atoms with Crippen LogP contribution in [0.25, 0.3) is 93.9 Å². The van der Waals surface area contributed by atoms with Crippen LogP contribution < -0.4 is 4.90 Å². The summed E-state index contributed by atoms with van der Waals surface area (Å²) in [6.45, 7) is 0. The molecule has 10 aromatic carbocycles. The molecular weight excluding hydrogens is 765 g/mol. The van der Waals surface area contributed by atoms with E-state index in [1.165, 1.54) is 44.1 Å². The van der Waals surface area contributed by atoms with Crippen LogP contribution >= 0.6 is 0 Å². The first-order chi connectivity index (χ1) is 31.3. The van der Waals surface area contributed by atoms with Crippen molar-refractivity contribution in [1.29, 1.82) is 0 Å². The number of hydrogen-bond donors (Lipinski definition) is 0. The Bertz CT molecular complexity index is 3580. The van der Waals surface area contributed by atoms with E-state index in [-0.39, 0.29) is 0 Å². The van der Waals surface area contributed by atoms with E-state index in [1.807, 2.05) is 12.1 Å². The van der Waals surface area contributed by atoms with Crippen molar-refractivity contribution in [1.82, 2.24) is 4.57 Å². The van der Waals surface area contributed by atoms with Crippen LogP contribution in [-0.4, -0.2) is 4.57 Å². The SMILES string of the molecule is c1ccc(-c2ccccc2-c2ccccc2-c2ccccc2N(c2ccc(-c3ccc4oc5ccccc5c4c3)cc2)c2cccc(-n3c4ccccc4c4ccccc43)c2)cc1. The maximum atomic E-state index is 6.18. The summed E-state index contributed by atoms with van der Waals surface area (Å²) in [5.74, 6) is 0. The number of aromatic nitrogens is 1. The molecule has 0 fully saturated rings. The largest absolute Gasteiger partial charge is 0.456 e. The molecule has 3 heteroatoms. The van der Waals surface area contributed by atoms with Gasteiger partial charge in [-0.25, -0.2) is 0 Å². The minimum atomic E-state index is 0.897. The highest BCUT2D eigenvalue weighted by Gasteiger charge is 2.22. The molecule has 0 saturated heterocycles. The van der Waals surface area contributed by atoms with Gasteiger partial charge >= 0.3 is 0 Å². The number of benzene rings is 10. The van der Waals surface area contributed by atoms with E-state index in [0.717, 1.165) is 66.9 Å². The first kappa shape index (κ1) is 36.5. The minimum Gasteiger partial charge on any atom is -0.456 e. The summed E-state index contributed by atoms with van der Waals surface area (Å²) in [4.78, 5) is 2.42. The maximum absolute atomic E-state index is 6.18. The topological polar surface area (TPSA) is 21.3 Å². The van der Waals surface area contributed by atoms with Gasteiger partial charge in [0.1, 0.15) is 11.2 Å². The molecule has 0 atom stereocenters. The van der Waals surface area contributed by atoms with E-state index in [4.69, 9.17) is 4.42 Å². The third-order valence-electron chi connectivity index (χ3n) is 12.4. The highest BCUT2D eigenvalue weighted by atomic mass is 16.3. The molecule has 0 aliphatic rings. The summed E-state index contributed by atoms with van der Waals surface area (Å²) in [6.07, 6.45) is 0. The fraction of sp³-hybridized carbons (Fsp3) is 0. The third-order valence-corrected chi connectivity index (χ3v) is 12.4. The van der Waals surface area contributed by atoms with Gasteiger partial charge in [0.2, 0.25) is 0 Å². The summed E-state index contributed by atoms with van der Waals surface area (Å²) < 4.78 is 8.58. The Morgan fingerprint density at radius 3 is 1.57 bits per heavy atom. The third kappa shape index (κ3) is 6.29. The van der Waals surface area contributed by atoms with Gasteiger partial charge in [-0.15, -0.1) is 0 Å². The zero-order valence-electron chi connectivity index (χ0n) is 34.4. The van der Waals surface area contributed by atoms with Gasteiger partial charge in [-0.1, -0.05) is 176 Å². The number of fused-ring (bicyclic) bond motifs is 6. The average Bonchev–Trinajstić information content (AvgIpc) is 3.90. The lowest BCUT2D eigenvalue weighted by atomic mass is 9.88. The Morgan fingerprint density at radius 1 is 0.302 bits per heavy atom. The molecule has 0 radical (unpaired) electrons. The molecule has 0 saturated carbocycles. The second kappa shape index (κ2) is 15.3. The molecule has 2 aromatic heterocycles. The summed E-state index contributed by atoms with van der Waals surface area (Å²) in [7, 11) is 0. The van der Waals surface area contributed by atoms with E-state index in [9.17, 15) is 0 Å². The molecule has 12 rings (SSSR count). The van der Waals surface area contributed by atoms with Crippen molar-refractivity contribution in [2.75, 3.05) is 4.90 Å². The van der Waals surface area contributed by atoms with E-state index < -0.39 is 0 Å². The van der Waals surface area contributed by atoms with Gasteiger partial charge in [0.25, 0.3) is 0 Å². The number of rotatable bonds is 8. The molecule has 3 nitrogen and oxygen atoms in total. The average molecular weight is 805 g/mol. The summed E-state index contributed by atoms with van der Waals surface area (Å²) in [5.41, 5.74) is 17.8. The first-order valence-corrected chi connectivity index (χ1v) is 21.5. The van der Waals surface area contributed by atoms with Crippen molar-refractivity contribution in [3.05, 3.63) is 243 Å².